The second-order valence-corrected chi connectivity index (χ2v) is 4.81. The van der Waals surface area contributed by atoms with Crippen molar-refractivity contribution in [3.8, 4) is 0 Å². The molecule has 1 heterocycles. The van der Waals surface area contributed by atoms with Gasteiger partial charge in [0, 0.05) is 17.3 Å². The number of fused-ring (bicyclic) bond motifs is 1. The third-order valence-corrected chi connectivity index (χ3v) is 3.47. The van der Waals surface area contributed by atoms with Gasteiger partial charge in [-0.3, -0.25) is 4.98 Å². The fraction of sp³-hybridized carbons (Fsp3) is 0.308. The van der Waals surface area contributed by atoms with Gasteiger partial charge in [0.1, 0.15) is 5.54 Å². The number of anilines is 2. The Morgan fingerprint density at radius 1 is 1.21 bits per heavy atom. The molecule has 3 nitrogen and oxygen atoms in total. The van der Waals surface area contributed by atoms with Crippen LogP contribution in [-0.2, 0) is 0 Å². The van der Waals surface area contributed by atoms with Crippen molar-refractivity contribution in [1.82, 2.24) is 4.98 Å². The molecular formula is C13H12F3N3. The van der Waals surface area contributed by atoms with Crippen LogP contribution in [0.5, 0.6) is 0 Å². The molecule has 100 valence electrons. The Hall–Kier alpha value is -1.98. The lowest BCUT2D eigenvalue weighted by Gasteiger charge is -2.23. The number of nitrogens with two attached hydrogens (primary N) is 1. The second kappa shape index (κ2) is 3.76. The number of halogens is 3. The summed E-state index contributed by atoms with van der Waals surface area (Å²) in [5.41, 5.74) is 5.39. The van der Waals surface area contributed by atoms with Gasteiger partial charge in [-0.1, -0.05) is 0 Å². The molecule has 0 aliphatic heterocycles. The fourth-order valence-electron chi connectivity index (χ4n) is 2.17. The van der Waals surface area contributed by atoms with E-state index >= 15 is 0 Å². The van der Waals surface area contributed by atoms with E-state index in [-0.39, 0.29) is 12.8 Å². The van der Waals surface area contributed by atoms with Crippen LogP contribution in [0, 0.1) is 0 Å². The predicted molar refractivity (Wildman–Crippen MR) is 67.8 cm³/mol. The molecule has 1 fully saturated rings. The Bertz CT molecular complexity index is 633. The number of aromatic nitrogens is 1. The normalized spacial score (nSPS) is 17.4. The van der Waals surface area contributed by atoms with Crippen LogP contribution in [0.4, 0.5) is 24.5 Å². The third kappa shape index (κ3) is 1.87. The van der Waals surface area contributed by atoms with Crippen molar-refractivity contribution >= 4 is 22.3 Å². The van der Waals surface area contributed by atoms with E-state index in [9.17, 15) is 13.2 Å². The summed E-state index contributed by atoms with van der Waals surface area (Å²) in [7, 11) is 0. The first kappa shape index (κ1) is 12.1. The predicted octanol–water partition coefficient (Wildman–Crippen LogP) is 3.32. The molecule has 0 radical (unpaired) electrons. The van der Waals surface area contributed by atoms with Crippen LogP contribution in [0.2, 0.25) is 0 Å². The first-order chi connectivity index (χ1) is 8.93. The highest BCUT2D eigenvalue weighted by Crippen LogP contribution is 2.51. The van der Waals surface area contributed by atoms with Gasteiger partial charge in [-0.05, 0) is 37.1 Å². The minimum atomic E-state index is -4.25. The topological polar surface area (TPSA) is 50.9 Å². The monoisotopic (exact) mass is 267 g/mol. The lowest BCUT2D eigenvalue weighted by atomic mass is 10.1. The number of nitrogen functional groups attached to an aromatic ring is 1. The molecule has 19 heavy (non-hydrogen) atoms. The Labute approximate surface area is 107 Å². The molecule has 3 rings (SSSR count). The van der Waals surface area contributed by atoms with Gasteiger partial charge in [-0.15, -0.1) is 0 Å². The maximum atomic E-state index is 13.0. The van der Waals surface area contributed by atoms with Gasteiger partial charge >= 0.3 is 6.18 Å². The zero-order chi connectivity index (χ0) is 13.7. The van der Waals surface area contributed by atoms with Crippen molar-refractivity contribution in [3.05, 3.63) is 30.5 Å². The van der Waals surface area contributed by atoms with E-state index < -0.39 is 11.7 Å². The van der Waals surface area contributed by atoms with Crippen LogP contribution < -0.4 is 11.1 Å². The molecule has 6 heteroatoms. The first-order valence-electron chi connectivity index (χ1n) is 5.91. The molecule has 1 saturated carbocycles. The quantitative estimate of drug-likeness (QED) is 0.821. The summed E-state index contributed by atoms with van der Waals surface area (Å²) in [6.45, 7) is 0. The summed E-state index contributed by atoms with van der Waals surface area (Å²) in [5.74, 6) is 0. The number of pyridine rings is 1. The average molecular weight is 267 g/mol. The van der Waals surface area contributed by atoms with E-state index in [4.69, 9.17) is 5.73 Å². The van der Waals surface area contributed by atoms with E-state index in [1.165, 1.54) is 0 Å². The smallest absolute Gasteiger partial charge is 0.397 e. The molecule has 1 aliphatic rings. The van der Waals surface area contributed by atoms with Gasteiger partial charge in [0.25, 0.3) is 0 Å². The Balaban J connectivity index is 2.06. The van der Waals surface area contributed by atoms with E-state index in [1.54, 1.807) is 30.5 Å². The van der Waals surface area contributed by atoms with Crippen LogP contribution in [0.1, 0.15) is 12.8 Å². The van der Waals surface area contributed by atoms with Gasteiger partial charge in [-0.25, -0.2) is 0 Å². The van der Waals surface area contributed by atoms with Gasteiger partial charge in [0.05, 0.1) is 11.2 Å². The van der Waals surface area contributed by atoms with E-state index in [0.717, 1.165) is 0 Å². The number of benzene rings is 1. The average Bonchev–Trinajstić information content (AvgIpc) is 3.14. The Morgan fingerprint density at radius 2 is 1.95 bits per heavy atom. The number of nitrogens with zero attached hydrogens (tertiary/aromatic N) is 1. The number of nitrogens with one attached hydrogen (secondary N) is 1. The molecule has 0 bridgehead atoms. The molecular weight excluding hydrogens is 255 g/mol. The molecule has 0 saturated heterocycles. The number of hydrogen-bond acceptors (Lipinski definition) is 3. The van der Waals surface area contributed by atoms with Gasteiger partial charge in [0.2, 0.25) is 0 Å². The maximum Gasteiger partial charge on any atom is 0.411 e. The molecule has 0 spiro atoms. The number of hydrogen-bond donors (Lipinski definition) is 2. The molecule has 3 N–H and O–H groups in total. The third-order valence-electron chi connectivity index (χ3n) is 3.47. The van der Waals surface area contributed by atoms with Gasteiger partial charge in [0.15, 0.2) is 0 Å². The summed E-state index contributed by atoms with van der Waals surface area (Å²) in [5, 5.41) is 3.23. The summed E-state index contributed by atoms with van der Waals surface area (Å²) in [6.07, 6.45) is -2.48. The number of rotatable bonds is 2. The van der Waals surface area contributed by atoms with Crippen LogP contribution in [0.3, 0.4) is 0 Å². The lowest BCUT2D eigenvalue weighted by molar-refractivity contribution is -0.151. The van der Waals surface area contributed by atoms with Crippen molar-refractivity contribution in [2.75, 3.05) is 11.1 Å². The highest BCUT2D eigenvalue weighted by molar-refractivity contribution is 5.98. The van der Waals surface area contributed by atoms with Gasteiger partial charge < -0.3 is 11.1 Å². The largest absolute Gasteiger partial charge is 0.411 e. The Kier molecular flexibility index (Phi) is 2.39. The molecule has 0 atom stereocenters. The molecule has 1 aromatic carbocycles. The number of alkyl halides is 3. The molecule has 0 unspecified atom stereocenters. The Morgan fingerprint density at radius 3 is 2.58 bits per heavy atom. The van der Waals surface area contributed by atoms with Crippen molar-refractivity contribution < 1.29 is 13.2 Å². The van der Waals surface area contributed by atoms with Gasteiger partial charge in [-0.2, -0.15) is 13.2 Å². The van der Waals surface area contributed by atoms with Crippen LogP contribution in [0.15, 0.2) is 30.5 Å². The van der Waals surface area contributed by atoms with Crippen molar-refractivity contribution in [3.63, 3.8) is 0 Å². The summed E-state index contributed by atoms with van der Waals surface area (Å²) in [6, 6.07) is 6.54. The highest BCUT2D eigenvalue weighted by atomic mass is 19.4. The highest BCUT2D eigenvalue weighted by Gasteiger charge is 2.63. The lowest BCUT2D eigenvalue weighted by Crippen LogP contribution is -2.38. The molecule has 0 amide bonds. The van der Waals surface area contributed by atoms with E-state index in [0.29, 0.717) is 22.3 Å². The van der Waals surface area contributed by atoms with E-state index in [2.05, 4.69) is 10.3 Å². The van der Waals surface area contributed by atoms with Crippen LogP contribution in [-0.4, -0.2) is 16.7 Å². The van der Waals surface area contributed by atoms with E-state index in [1.807, 2.05) is 0 Å². The zero-order valence-corrected chi connectivity index (χ0v) is 9.96. The molecule has 2 aromatic rings. The summed E-state index contributed by atoms with van der Waals surface area (Å²) < 4.78 is 38.9. The zero-order valence-electron chi connectivity index (χ0n) is 9.96. The minimum Gasteiger partial charge on any atom is -0.397 e. The first-order valence-corrected chi connectivity index (χ1v) is 5.91. The SMILES string of the molecule is Nc1ccc(NC2(C(F)(F)F)CC2)c2cccnc12. The molecule has 1 aromatic heterocycles. The van der Waals surface area contributed by atoms with Crippen molar-refractivity contribution in [2.45, 2.75) is 24.6 Å². The fourth-order valence-corrected chi connectivity index (χ4v) is 2.17. The van der Waals surface area contributed by atoms with Crippen LogP contribution >= 0.6 is 0 Å². The summed E-state index contributed by atoms with van der Waals surface area (Å²) in [4.78, 5) is 4.11. The maximum absolute atomic E-state index is 13.0. The minimum absolute atomic E-state index is 0.0998. The summed E-state index contributed by atoms with van der Waals surface area (Å²) >= 11 is 0. The molecule has 1 aliphatic carbocycles. The second-order valence-electron chi connectivity index (χ2n) is 4.81. The van der Waals surface area contributed by atoms with Crippen molar-refractivity contribution in [1.29, 1.82) is 0 Å². The standard InChI is InChI=1S/C13H12F3N3/c14-13(15,16)12(5-6-12)19-10-4-3-9(17)11-8(10)2-1-7-18-11/h1-4,7,19H,5-6,17H2. The van der Waals surface area contributed by atoms with Crippen LogP contribution in [0.25, 0.3) is 10.9 Å². The van der Waals surface area contributed by atoms with Crippen molar-refractivity contribution in [2.24, 2.45) is 0 Å².